The van der Waals surface area contributed by atoms with Gasteiger partial charge in [0.1, 0.15) is 5.82 Å². The minimum Gasteiger partial charge on any atom is -0.392 e. The SMILES string of the molecule is CC[C@@H](O)CN1CCC(Nc2cc(C)nc3nc(C(F)(F)F)nn23)CC1. The largest absolute Gasteiger partial charge is 0.453 e. The van der Waals surface area contributed by atoms with Crippen LogP contribution in [0.15, 0.2) is 6.07 Å². The maximum Gasteiger partial charge on any atom is 0.453 e. The molecule has 1 aliphatic heterocycles. The number of β-amino-alcohol motifs (C(OH)–C–C–N with tert-alkyl or cyclic N) is 1. The van der Waals surface area contributed by atoms with Gasteiger partial charge in [0.05, 0.1) is 6.10 Å². The zero-order chi connectivity index (χ0) is 18.9. The summed E-state index contributed by atoms with van der Waals surface area (Å²) in [7, 11) is 0. The van der Waals surface area contributed by atoms with E-state index in [1.807, 2.05) is 6.92 Å². The summed E-state index contributed by atoms with van der Waals surface area (Å²) in [5.41, 5.74) is 0.574. The summed E-state index contributed by atoms with van der Waals surface area (Å²) in [6.07, 6.45) is -2.54. The van der Waals surface area contributed by atoms with E-state index in [1.54, 1.807) is 13.0 Å². The third kappa shape index (κ3) is 4.24. The molecule has 0 spiro atoms. The fraction of sp³-hybridized carbons (Fsp3) is 0.688. The Bertz CT molecular complexity index is 754. The zero-order valence-electron chi connectivity index (χ0n) is 14.8. The highest BCUT2D eigenvalue weighted by molar-refractivity contribution is 5.46. The van der Waals surface area contributed by atoms with Gasteiger partial charge < -0.3 is 15.3 Å². The molecule has 0 unspecified atom stereocenters. The summed E-state index contributed by atoms with van der Waals surface area (Å²) in [5.74, 6) is -0.798. The summed E-state index contributed by atoms with van der Waals surface area (Å²) < 4.78 is 39.8. The number of piperidine rings is 1. The van der Waals surface area contributed by atoms with Crippen LogP contribution in [0.1, 0.15) is 37.7 Å². The minimum atomic E-state index is -4.61. The molecular weight excluding hydrogens is 349 g/mol. The Morgan fingerprint density at radius 3 is 2.62 bits per heavy atom. The first-order valence-electron chi connectivity index (χ1n) is 8.75. The third-order valence-corrected chi connectivity index (χ3v) is 4.57. The molecule has 0 radical (unpaired) electrons. The summed E-state index contributed by atoms with van der Waals surface area (Å²) in [6.45, 7) is 5.96. The van der Waals surface area contributed by atoms with Crippen molar-refractivity contribution in [3.8, 4) is 0 Å². The van der Waals surface area contributed by atoms with Crippen LogP contribution in [-0.4, -0.2) is 61.4 Å². The topological polar surface area (TPSA) is 78.6 Å². The predicted molar refractivity (Wildman–Crippen MR) is 89.9 cm³/mol. The molecule has 3 heterocycles. The molecule has 1 atom stereocenters. The van der Waals surface area contributed by atoms with Crippen LogP contribution in [0.5, 0.6) is 0 Å². The van der Waals surface area contributed by atoms with Gasteiger partial charge in [-0.15, -0.1) is 5.10 Å². The molecule has 1 fully saturated rings. The van der Waals surface area contributed by atoms with Crippen LogP contribution in [0.4, 0.5) is 19.0 Å². The minimum absolute atomic E-state index is 0.0664. The molecule has 0 saturated carbocycles. The van der Waals surface area contributed by atoms with E-state index in [9.17, 15) is 18.3 Å². The number of aromatic nitrogens is 4. The smallest absolute Gasteiger partial charge is 0.392 e. The molecule has 7 nitrogen and oxygen atoms in total. The molecular formula is C16H23F3N6O. The Morgan fingerprint density at radius 2 is 2.00 bits per heavy atom. The number of anilines is 1. The molecule has 26 heavy (non-hydrogen) atoms. The lowest BCUT2D eigenvalue weighted by atomic mass is 10.0. The number of nitrogens with zero attached hydrogens (tertiary/aromatic N) is 5. The fourth-order valence-corrected chi connectivity index (χ4v) is 3.11. The molecule has 1 saturated heterocycles. The zero-order valence-corrected chi connectivity index (χ0v) is 14.8. The quantitative estimate of drug-likeness (QED) is 0.837. The average Bonchev–Trinajstić information content (AvgIpc) is 3.01. The first-order valence-corrected chi connectivity index (χ1v) is 8.75. The van der Waals surface area contributed by atoms with Gasteiger partial charge >= 0.3 is 6.18 Å². The number of likely N-dealkylation sites (tertiary alicyclic amines) is 1. The number of rotatable bonds is 5. The second-order valence-electron chi connectivity index (χ2n) is 6.71. The number of aryl methyl sites for hydroxylation is 1. The number of fused-ring (bicyclic) bond motifs is 1. The summed E-state index contributed by atoms with van der Waals surface area (Å²) in [4.78, 5) is 9.73. The van der Waals surface area contributed by atoms with E-state index in [0.29, 0.717) is 18.1 Å². The predicted octanol–water partition coefficient (Wildman–Crippen LogP) is 2.10. The first kappa shape index (κ1) is 18.8. The van der Waals surface area contributed by atoms with Crippen molar-refractivity contribution in [3.63, 3.8) is 0 Å². The summed E-state index contributed by atoms with van der Waals surface area (Å²) in [5, 5.41) is 16.6. The first-order chi connectivity index (χ1) is 12.3. The lowest BCUT2D eigenvalue weighted by molar-refractivity contribution is -0.144. The second kappa shape index (κ2) is 7.36. The van der Waals surface area contributed by atoms with Gasteiger partial charge in [-0.3, -0.25) is 0 Å². The van der Waals surface area contributed by atoms with E-state index in [-0.39, 0.29) is 17.9 Å². The van der Waals surface area contributed by atoms with E-state index in [1.165, 1.54) is 0 Å². The van der Waals surface area contributed by atoms with Crippen molar-refractivity contribution >= 4 is 11.6 Å². The Hall–Kier alpha value is -1.94. The fourth-order valence-electron chi connectivity index (χ4n) is 3.11. The number of hydrogen-bond acceptors (Lipinski definition) is 6. The molecule has 0 bridgehead atoms. The maximum absolute atomic E-state index is 12.9. The molecule has 0 amide bonds. The van der Waals surface area contributed by atoms with Crippen molar-refractivity contribution in [1.29, 1.82) is 0 Å². The third-order valence-electron chi connectivity index (χ3n) is 4.57. The van der Waals surface area contributed by atoms with Gasteiger partial charge in [-0.2, -0.15) is 22.7 Å². The van der Waals surface area contributed by atoms with Gasteiger partial charge in [0.25, 0.3) is 11.6 Å². The van der Waals surface area contributed by atoms with Crippen molar-refractivity contribution in [2.75, 3.05) is 25.0 Å². The van der Waals surface area contributed by atoms with Crippen LogP contribution < -0.4 is 5.32 Å². The Morgan fingerprint density at radius 1 is 1.31 bits per heavy atom. The van der Waals surface area contributed by atoms with Gasteiger partial charge in [0.15, 0.2) is 0 Å². The van der Waals surface area contributed by atoms with E-state index >= 15 is 0 Å². The van der Waals surface area contributed by atoms with E-state index in [2.05, 4.69) is 25.3 Å². The van der Waals surface area contributed by atoms with Gasteiger partial charge in [0.2, 0.25) is 0 Å². The van der Waals surface area contributed by atoms with Crippen LogP contribution >= 0.6 is 0 Å². The van der Waals surface area contributed by atoms with E-state index in [0.717, 1.165) is 36.9 Å². The number of aliphatic hydroxyl groups excluding tert-OH is 1. The van der Waals surface area contributed by atoms with Crippen molar-refractivity contribution in [2.45, 2.75) is 51.4 Å². The number of alkyl halides is 3. The highest BCUT2D eigenvalue weighted by Crippen LogP contribution is 2.27. The lowest BCUT2D eigenvalue weighted by Gasteiger charge is -2.33. The van der Waals surface area contributed by atoms with Crippen molar-refractivity contribution in [3.05, 3.63) is 17.6 Å². The van der Waals surface area contributed by atoms with E-state index < -0.39 is 12.0 Å². The van der Waals surface area contributed by atoms with E-state index in [4.69, 9.17) is 0 Å². The number of hydrogen-bond donors (Lipinski definition) is 2. The molecule has 10 heteroatoms. The highest BCUT2D eigenvalue weighted by Gasteiger charge is 2.37. The molecule has 0 aliphatic carbocycles. The maximum atomic E-state index is 12.9. The highest BCUT2D eigenvalue weighted by atomic mass is 19.4. The molecule has 0 aromatic carbocycles. The van der Waals surface area contributed by atoms with Crippen LogP contribution in [-0.2, 0) is 6.18 Å². The molecule has 2 aromatic heterocycles. The summed E-state index contributed by atoms with van der Waals surface area (Å²) >= 11 is 0. The summed E-state index contributed by atoms with van der Waals surface area (Å²) in [6, 6.07) is 1.79. The van der Waals surface area contributed by atoms with Gasteiger partial charge in [-0.05, 0) is 26.2 Å². The lowest BCUT2D eigenvalue weighted by Crippen LogP contribution is -2.42. The molecule has 2 N–H and O–H groups in total. The Labute approximate surface area is 149 Å². The van der Waals surface area contributed by atoms with Crippen molar-refractivity contribution < 1.29 is 18.3 Å². The molecule has 3 rings (SSSR count). The molecule has 1 aliphatic rings. The van der Waals surface area contributed by atoms with Crippen LogP contribution in [0, 0.1) is 6.92 Å². The van der Waals surface area contributed by atoms with Crippen LogP contribution in [0.2, 0.25) is 0 Å². The second-order valence-corrected chi connectivity index (χ2v) is 6.71. The monoisotopic (exact) mass is 372 g/mol. The van der Waals surface area contributed by atoms with Gasteiger partial charge in [-0.25, -0.2) is 4.98 Å². The van der Waals surface area contributed by atoms with Gasteiger partial charge in [0, 0.05) is 37.4 Å². The molecule has 144 valence electrons. The van der Waals surface area contributed by atoms with Gasteiger partial charge in [-0.1, -0.05) is 6.92 Å². The average molecular weight is 372 g/mol. The van der Waals surface area contributed by atoms with Crippen molar-refractivity contribution in [2.24, 2.45) is 0 Å². The standard InChI is InChI=1S/C16H23F3N6O/c1-3-12(26)9-24-6-4-11(5-7-24)21-13-8-10(2)20-15-22-14(16(17,18)19)23-25(13)15/h8,11-12,21,26H,3-7,9H2,1-2H3/t12-/m1/s1. The number of nitrogens with one attached hydrogen (secondary N) is 1. The Kier molecular flexibility index (Phi) is 5.33. The molecule has 2 aromatic rings. The number of aliphatic hydroxyl groups is 1. The Balaban J connectivity index is 1.72. The van der Waals surface area contributed by atoms with Crippen LogP contribution in [0.25, 0.3) is 5.78 Å². The van der Waals surface area contributed by atoms with Crippen molar-refractivity contribution in [1.82, 2.24) is 24.5 Å². The normalized spacial score (nSPS) is 18.4. The number of halogens is 3. The van der Waals surface area contributed by atoms with Crippen LogP contribution in [0.3, 0.4) is 0 Å².